The number of aromatic amines is 1. The smallest absolute Gasteiger partial charge is 0.410 e. The van der Waals surface area contributed by atoms with Crippen molar-refractivity contribution in [2.75, 3.05) is 19.6 Å². The molecule has 146 valence electrons. The van der Waals surface area contributed by atoms with Gasteiger partial charge < -0.3 is 19.1 Å². The number of nitrogens with one attached hydrogen (secondary N) is 1. The molecule has 2 amide bonds. The predicted octanol–water partition coefficient (Wildman–Crippen LogP) is 1.81. The Bertz CT molecular complexity index is 855. The highest BCUT2D eigenvalue weighted by atomic mass is 16.6. The second-order valence-corrected chi connectivity index (χ2v) is 8.59. The van der Waals surface area contributed by atoms with E-state index in [2.05, 4.69) is 5.16 Å². The molecule has 1 N–H and O–H groups in total. The number of amides is 2. The lowest BCUT2D eigenvalue weighted by Gasteiger charge is -2.29. The first-order valence-electron chi connectivity index (χ1n) is 9.37. The Kier molecular flexibility index (Phi) is 4.16. The third-order valence-corrected chi connectivity index (χ3v) is 5.41. The van der Waals surface area contributed by atoms with Gasteiger partial charge in [0.2, 0.25) is 5.91 Å². The number of hydrogen-bond acceptors (Lipinski definition) is 5. The maximum atomic E-state index is 12.9. The summed E-state index contributed by atoms with van der Waals surface area (Å²) in [6.45, 7) is 7.54. The van der Waals surface area contributed by atoms with Crippen molar-refractivity contribution in [3.05, 3.63) is 32.8 Å². The fraction of sp³-hybridized carbons (Fsp3) is 0.632. The summed E-state index contributed by atoms with van der Waals surface area (Å²) in [7, 11) is 0. The number of likely N-dealkylation sites (tertiary alicyclic amines) is 1. The number of ether oxygens (including phenoxy) is 1. The van der Waals surface area contributed by atoms with Crippen molar-refractivity contribution in [1.82, 2.24) is 15.0 Å². The molecule has 27 heavy (non-hydrogen) atoms. The van der Waals surface area contributed by atoms with Crippen molar-refractivity contribution in [2.24, 2.45) is 5.92 Å². The van der Waals surface area contributed by atoms with E-state index in [9.17, 15) is 14.4 Å². The van der Waals surface area contributed by atoms with Crippen molar-refractivity contribution in [1.29, 1.82) is 0 Å². The van der Waals surface area contributed by atoms with E-state index in [-0.39, 0.29) is 23.5 Å². The topological polar surface area (TPSA) is 95.8 Å². The summed E-state index contributed by atoms with van der Waals surface area (Å²) in [4.78, 5) is 40.2. The van der Waals surface area contributed by atoms with Crippen LogP contribution < -0.4 is 5.56 Å². The first-order chi connectivity index (χ1) is 12.7. The fourth-order valence-electron chi connectivity index (χ4n) is 4.14. The van der Waals surface area contributed by atoms with Gasteiger partial charge in [-0.2, -0.15) is 5.16 Å². The van der Waals surface area contributed by atoms with E-state index in [0.29, 0.717) is 56.8 Å². The van der Waals surface area contributed by atoms with Crippen molar-refractivity contribution in [3.63, 3.8) is 0 Å². The largest absolute Gasteiger partial charge is 0.444 e. The molecule has 1 aliphatic carbocycles. The van der Waals surface area contributed by atoms with Crippen LogP contribution in [0.1, 0.15) is 44.9 Å². The molecule has 2 aliphatic heterocycles. The van der Waals surface area contributed by atoms with Crippen LogP contribution in [0.25, 0.3) is 0 Å². The van der Waals surface area contributed by atoms with Gasteiger partial charge in [0, 0.05) is 25.6 Å². The van der Waals surface area contributed by atoms with Crippen LogP contribution in [-0.4, -0.2) is 52.2 Å². The monoisotopic (exact) mass is 375 g/mol. The van der Waals surface area contributed by atoms with Crippen LogP contribution in [0.2, 0.25) is 0 Å². The van der Waals surface area contributed by atoms with E-state index in [1.807, 2.05) is 20.8 Å². The molecule has 4 rings (SSSR count). The highest BCUT2D eigenvalue weighted by Crippen LogP contribution is 2.38. The molecular weight excluding hydrogens is 350 g/mol. The predicted molar refractivity (Wildman–Crippen MR) is 96.0 cm³/mol. The highest BCUT2D eigenvalue weighted by Gasteiger charge is 2.39. The summed E-state index contributed by atoms with van der Waals surface area (Å²) in [5, 5.41) is 2.35. The molecule has 0 spiro atoms. The van der Waals surface area contributed by atoms with Crippen molar-refractivity contribution < 1.29 is 18.8 Å². The third kappa shape index (κ3) is 3.40. The van der Waals surface area contributed by atoms with E-state index >= 15 is 0 Å². The number of aromatic nitrogens is 1. The number of hydrogen-bond donors (Lipinski definition) is 1. The van der Waals surface area contributed by atoms with Gasteiger partial charge in [-0.05, 0) is 51.2 Å². The zero-order valence-electron chi connectivity index (χ0n) is 16.0. The lowest BCUT2D eigenvalue weighted by Crippen LogP contribution is -2.41. The summed E-state index contributed by atoms with van der Waals surface area (Å²) < 4.78 is 10.6. The van der Waals surface area contributed by atoms with Gasteiger partial charge in [-0.3, -0.25) is 9.59 Å². The van der Waals surface area contributed by atoms with Crippen LogP contribution in [0, 0.1) is 5.92 Å². The molecule has 0 atom stereocenters. The van der Waals surface area contributed by atoms with Crippen molar-refractivity contribution >= 4 is 12.0 Å². The molecule has 0 aromatic carbocycles. The van der Waals surface area contributed by atoms with Gasteiger partial charge in [0.25, 0.3) is 5.56 Å². The van der Waals surface area contributed by atoms with Crippen LogP contribution in [0.3, 0.4) is 0 Å². The number of H-pyrrole nitrogens is 1. The number of rotatable bonds is 1. The molecule has 1 aromatic rings. The standard InChI is InChI=1S/C19H25N3O5/c1-19(2,3)26-18(25)22-8-12-6-11(7-13(12)9-22)17(24)21-5-4-14-15(10-21)27-20-16(14)23/h11H,4-10H2,1-3H3,(H,20,23). The van der Waals surface area contributed by atoms with Crippen LogP contribution in [0.15, 0.2) is 20.5 Å². The van der Waals surface area contributed by atoms with Crippen LogP contribution in [0.5, 0.6) is 0 Å². The first kappa shape index (κ1) is 17.9. The molecule has 8 nitrogen and oxygen atoms in total. The van der Waals surface area contributed by atoms with E-state index in [1.54, 1.807) is 9.80 Å². The summed E-state index contributed by atoms with van der Waals surface area (Å²) in [5.41, 5.74) is 2.32. The van der Waals surface area contributed by atoms with Gasteiger partial charge in [0.15, 0.2) is 5.76 Å². The second-order valence-electron chi connectivity index (χ2n) is 8.59. The maximum Gasteiger partial charge on any atom is 0.410 e. The minimum absolute atomic E-state index is 0.0806. The molecular formula is C19H25N3O5. The molecule has 0 saturated heterocycles. The molecule has 3 aliphatic rings. The van der Waals surface area contributed by atoms with E-state index < -0.39 is 5.60 Å². The Morgan fingerprint density at radius 3 is 2.41 bits per heavy atom. The van der Waals surface area contributed by atoms with Gasteiger partial charge in [0.05, 0.1) is 12.1 Å². The average Bonchev–Trinajstić information content (AvgIpc) is 3.25. The summed E-state index contributed by atoms with van der Waals surface area (Å²) in [6.07, 6.45) is 1.60. The minimum atomic E-state index is -0.511. The fourth-order valence-corrected chi connectivity index (χ4v) is 4.14. The van der Waals surface area contributed by atoms with Crippen LogP contribution >= 0.6 is 0 Å². The normalized spacial score (nSPS) is 20.1. The molecule has 0 unspecified atom stereocenters. The Labute approximate surface area is 157 Å². The Balaban J connectivity index is 1.34. The maximum absolute atomic E-state index is 12.9. The lowest BCUT2D eigenvalue weighted by molar-refractivity contribution is -0.136. The molecule has 8 heteroatoms. The SMILES string of the molecule is CC(C)(C)OC(=O)N1CC2=C(CC(C(=O)N3CCc4c(o[nH]c4=O)C3)C2)C1. The van der Waals surface area contributed by atoms with Crippen LogP contribution in [0.4, 0.5) is 4.79 Å². The number of carbonyl (C=O) groups excluding carboxylic acids is 2. The van der Waals surface area contributed by atoms with Gasteiger partial charge in [-0.15, -0.1) is 0 Å². The minimum Gasteiger partial charge on any atom is -0.444 e. The quantitative estimate of drug-likeness (QED) is 0.755. The van der Waals surface area contributed by atoms with E-state index in [0.717, 1.165) is 0 Å². The summed E-state index contributed by atoms with van der Waals surface area (Å²) in [5.74, 6) is 0.583. The van der Waals surface area contributed by atoms with E-state index in [4.69, 9.17) is 9.26 Å². The van der Waals surface area contributed by atoms with Gasteiger partial charge in [0.1, 0.15) is 5.60 Å². The highest BCUT2D eigenvalue weighted by molar-refractivity contribution is 5.81. The Morgan fingerprint density at radius 2 is 1.78 bits per heavy atom. The van der Waals surface area contributed by atoms with Crippen molar-refractivity contribution in [3.8, 4) is 0 Å². The average molecular weight is 375 g/mol. The third-order valence-electron chi connectivity index (χ3n) is 5.41. The molecule has 0 fully saturated rings. The lowest BCUT2D eigenvalue weighted by atomic mass is 10.00. The van der Waals surface area contributed by atoms with Gasteiger partial charge >= 0.3 is 6.09 Å². The number of fused-ring (bicyclic) bond motifs is 1. The Hall–Kier alpha value is -2.51. The van der Waals surface area contributed by atoms with E-state index in [1.165, 1.54) is 11.1 Å². The first-order valence-corrected chi connectivity index (χ1v) is 9.37. The zero-order chi connectivity index (χ0) is 19.3. The van der Waals surface area contributed by atoms with Crippen molar-refractivity contribution in [2.45, 2.75) is 52.2 Å². The Morgan fingerprint density at radius 1 is 1.11 bits per heavy atom. The van der Waals surface area contributed by atoms with Crippen LogP contribution in [-0.2, 0) is 22.5 Å². The molecule has 1 aromatic heterocycles. The second kappa shape index (κ2) is 6.28. The molecule has 3 heterocycles. The molecule has 0 radical (unpaired) electrons. The van der Waals surface area contributed by atoms with Gasteiger partial charge in [-0.25, -0.2) is 4.79 Å². The summed E-state index contributed by atoms with van der Waals surface area (Å²) >= 11 is 0. The number of carbonyl (C=O) groups is 2. The zero-order valence-corrected chi connectivity index (χ0v) is 16.0. The summed E-state index contributed by atoms with van der Waals surface area (Å²) in [6, 6.07) is 0. The molecule has 0 bridgehead atoms. The van der Waals surface area contributed by atoms with Gasteiger partial charge in [-0.1, -0.05) is 0 Å². The number of nitrogens with zero attached hydrogens (tertiary/aromatic N) is 2. The molecule has 0 saturated carbocycles.